The Morgan fingerprint density at radius 2 is 1.88 bits per heavy atom. The van der Waals surface area contributed by atoms with E-state index in [0.717, 1.165) is 5.56 Å². The van der Waals surface area contributed by atoms with Gasteiger partial charge in [-0.25, -0.2) is 9.59 Å². The second kappa shape index (κ2) is 11.0. The topological polar surface area (TPSA) is 170 Å². The molecule has 0 saturated carbocycles. The third kappa shape index (κ3) is 6.35. The van der Waals surface area contributed by atoms with Crippen LogP contribution in [0.25, 0.3) is 22.1 Å². The number of nitrogens with zero attached hydrogens (tertiary/aromatic N) is 1. The third-order valence-electron chi connectivity index (χ3n) is 5.04. The van der Waals surface area contributed by atoms with Gasteiger partial charge in [-0.3, -0.25) is 9.79 Å². The number of hydrogen-bond donors (Lipinski definition) is 4. The fraction of sp³-hybridized carbons (Fsp3) is 0.250. The number of ether oxygens (including phenoxy) is 1. The lowest BCUT2D eigenvalue weighted by Crippen LogP contribution is -2.46. The van der Waals surface area contributed by atoms with Crippen molar-refractivity contribution in [2.24, 2.45) is 16.5 Å². The van der Waals surface area contributed by atoms with Crippen molar-refractivity contribution in [2.45, 2.75) is 31.9 Å². The number of guanidine groups is 1. The van der Waals surface area contributed by atoms with Crippen molar-refractivity contribution in [3.05, 3.63) is 65.0 Å². The highest BCUT2D eigenvalue weighted by Gasteiger charge is 2.24. The summed E-state index contributed by atoms with van der Waals surface area (Å²) in [6.45, 7) is 1.75. The second-order valence-electron chi connectivity index (χ2n) is 7.61. The van der Waals surface area contributed by atoms with Crippen molar-refractivity contribution in [2.75, 3.05) is 6.54 Å². The van der Waals surface area contributed by atoms with E-state index in [-0.39, 0.29) is 18.9 Å². The number of benzene rings is 2. The standard InChI is InChI=1S/C24H26N4O6/c1-14(22(30)28-19(23(31)32)8-5-11-27-24(25)26)33-16-9-10-17-18(15-6-3-2-4-7-15)13-21(29)34-20(17)12-16/h2-4,6-7,9-10,12-14,19H,5,8,11H2,1H3,(H,28,30)(H,31,32)(H4,25,26,27)/t14-,19+/m0/s1. The molecular weight excluding hydrogens is 440 g/mol. The average Bonchev–Trinajstić information content (AvgIpc) is 2.80. The molecule has 1 heterocycles. The summed E-state index contributed by atoms with van der Waals surface area (Å²) in [6, 6.07) is 14.6. The molecule has 0 saturated heterocycles. The Bertz CT molecular complexity index is 1250. The van der Waals surface area contributed by atoms with E-state index in [1.54, 1.807) is 12.1 Å². The monoisotopic (exact) mass is 466 g/mol. The first-order valence-electron chi connectivity index (χ1n) is 10.6. The van der Waals surface area contributed by atoms with E-state index in [9.17, 15) is 19.5 Å². The Hall–Kier alpha value is -4.34. The first-order valence-corrected chi connectivity index (χ1v) is 10.6. The lowest BCUT2D eigenvalue weighted by atomic mass is 10.0. The predicted octanol–water partition coefficient (Wildman–Crippen LogP) is 1.85. The maximum Gasteiger partial charge on any atom is 0.336 e. The normalized spacial score (nSPS) is 12.5. The smallest absolute Gasteiger partial charge is 0.336 e. The van der Waals surface area contributed by atoms with Gasteiger partial charge in [0.1, 0.15) is 17.4 Å². The maximum atomic E-state index is 12.5. The van der Waals surface area contributed by atoms with Crippen LogP contribution in [0.3, 0.4) is 0 Å². The van der Waals surface area contributed by atoms with Crippen LogP contribution in [-0.4, -0.2) is 41.6 Å². The fourth-order valence-corrected chi connectivity index (χ4v) is 3.38. The lowest BCUT2D eigenvalue weighted by molar-refractivity contribution is -0.143. The van der Waals surface area contributed by atoms with Crippen LogP contribution in [-0.2, 0) is 9.59 Å². The number of carbonyl (C=O) groups excluding carboxylic acids is 1. The number of rotatable bonds is 10. The number of amides is 1. The molecule has 34 heavy (non-hydrogen) atoms. The summed E-state index contributed by atoms with van der Waals surface area (Å²) in [5.41, 5.74) is 11.9. The van der Waals surface area contributed by atoms with Crippen LogP contribution in [0.1, 0.15) is 19.8 Å². The maximum absolute atomic E-state index is 12.5. The number of nitrogens with one attached hydrogen (secondary N) is 1. The predicted molar refractivity (Wildman–Crippen MR) is 127 cm³/mol. The Kier molecular flexibility index (Phi) is 7.86. The number of carboxylic acid groups (broad SMARTS) is 1. The number of carbonyl (C=O) groups is 2. The average molecular weight is 466 g/mol. The van der Waals surface area contributed by atoms with Gasteiger partial charge in [-0.15, -0.1) is 0 Å². The highest BCUT2D eigenvalue weighted by atomic mass is 16.5. The van der Waals surface area contributed by atoms with Crippen LogP contribution >= 0.6 is 0 Å². The minimum Gasteiger partial charge on any atom is -0.481 e. The molecule has 0 fully saturated rings. The molecule has 2 atom stereocenters. The van der Waals surface area contributed by atoms with Gasteiger partial charge in [-0.05, 0) is 43.0 Å². The van der Waals surface area contributed by atoms with Gasteiger partial charge in [0.05, 0.1) is 0 Å². The molecule has 1 amide bonds. The van der Waals surface area contributed by atoms with Crippen molar-refractivity contribution < 1.29 is 23.8 Å². The van der Waals surface area contributed by atoms with E-state index in [1.165, 1.54) is 19.1 Å². The Morgan fingerprint density at radius 3 is 2.56 bits per heavy atom. The molecule has 6 N–H and O–H groups in total. The molecule has 3 rings (SSSR count). The van der Waals surface area contributed by atoms with Gasteiger partial charge >= 0.3 is 11.6 Å². The van der Waals surface area contributed by atoms with E-state index < -0.39 is 29.6 Å². The Balaban J connectivity index is 1.71. The number of aliphatic carboxylic acids is 1. The zero-order valence-electron chi connectivity index (χ0n) is 18.6. The summed E-state index contributed by atoms with van der Waals surface area (Å²) in [5, 5.41) is 12.5. The van der Waals surface area contributed by atoms with Crippen molar-refractivity contribution >= 4 is 28.8 Å². The highest BCUT2D eigenvalue weighted by Crippen LogP contribution is 2.29. The van der Waals surface area contributed by atoms with Crippen LogP contribution in [0.5, 0.6) is 5.75 Å². The van der Waals surface area contributed by atoms with Crippen LogP contribution in [0, 0.1) is 0 Å². The summed E-state index contributed by atoms with van der Waals surface area (Å²) in [4.78, 5) is 39.9. The Morgan fingerprint density at radius 1 is 1.15 bits per heavy atom. The molecule has 0 spiro atoms. The Labute approximate surface area is 195 Å². The molecule has 0 radical (unpaired) electrons. The molecule has 0 aliphatic rings. The van der Waals surface area contributed by atoms with Gasteiger partial charge in [0.2, 0.25) is 0 Å². The van der Waals surface area contributed by atoms with Crippen LogP contribution < -0.4 is 27.1 Å². The molecule has 0 unspecified atom stereocenters. The summed E-state index contributed by atoms with van der Waals surface area (Å²) in [5.74, 6) is -1.57. The quantitative estimate of drug-likeness (QED) is 0.152. The lowest BCUT2D eigenvalue weighted by Gasteiger charge is -2.19. The minimum atomic E-state index is -1.17. The number of hydrogen-bond acceptors (Lipinski definition) is 6. The molecule has 3 aromatic rings. The fourth-order valence-electron chi connectivity index (χ4n) is 3.38. The van der Waals surface area contributed by atoms with E-state index in [0.29, 0.717) is 28.7 Å². The van der Waals surface area contributed by atoms with E-state index in [4.69, 9.17) is 20.6 Å². The van der Waals surface area contributed by atoms with Gasteiger partial charge in [0.15, 0.2) is 12.1 Å². The molecular formula is C24H26N4O6. The minimum absolute atomic E-state index is 0.0833. The molecule has 1 aromatic heterocycles. The zero-order chi connectivity index (χ0) is 24.7. The van der Waals surface area contributed by atoms with Crippen LogP contribution in [0.2, 0.25) is 0 Å². The van der Waals surface area contributed by atoms with Crippen molar-refractivity contribution in [3.8, 4) is 16.9 Å². The molecule has 2 aromatic carbocycles. The highest BCUT2D eigenvalue weighted by molar-refractivity contribution is 5.94. The summed E-state index contributed by atoms with van der Waals surface area (Å²) < 4.78 is 11.0. The van der Waals surface area contributed by atoms with Gasteiger partial charge in [-0.1, -0.05) is 30.3 Å². The zero-order valence-corrected chi connectivity index (χ0v) is 18.6. The van der Waals surface area contributed by atoms with Crippen molar-refractivity contribution in [1.29, 1.82) is 0 Å². The summed E-state index contributed by atoms with van der Waals surface area (Å²) in [7, 11) is 0. The number of carboxylic acids is 1. The van der Waals surface area contributed by atoms with Gasteiger partial charge in [0, 0.05) is 24.1 Å². The molecule has 0 bridgehead atoms. The van der Waals surface area contributed by atoms with E-state index in [2.05, 4.69) is 10.3 Å². The van der Waals surface area contributed by atoms with Crippen molar-refractivity contribution in [3.63, 3.8) is 0 Å². The second-order valence-corrected chi connectivity index (χ2v) is 7.61. The first kappa shape index (κ1) is 24.3. The number of aliphatic imine (C=N–C) groups is 1. The van der Waals surface area contributed by atoms with E-state index in [1.807, 2.05) is 30.3 Å². The summed E-state index contributed by atoms with van der Waals surface area (Å²) in [6.07, 6.45) is -0.479. The molecule has 10 nitrogen and oxygen atoms in total. The molecule has 0 aliphatic heterocycles. The van der Waals surface area contributed by atoms with Crippen LogP contribution in [0.15, 0.2) is 68.8 Å². The largest absolute Gasteiger partial charge is 0.481 e. The van der Waals surface area contributed by atoms with Gasteiger partial charge in [0.25, 0.3) is 5.91 Å². The van der Waals surface area contributed by atoms with E-state index >= 15 is 0 Å². The summed E-state index contributed by atoms with van der Waals surface area (Å²) >= 11 is 0. The first-order chi connectivity index (χ1) is 16.2. The van der Waals surface area contributed by atoms with Gasteiger partial charge < -0.3 is 31.0 Å². The van der Waals surface area contributed by atoms with Gasteiger partial charge in [-0.2, -0.15) is 0 Å². The third-order valence-corrected chi connectivity index (χ3v) is 5.04. The van der Waals surface area contributed by atoms with Crippen LogP contribution in [0.4, 0.5) is 0 Å². The molecule has 0 aliphatic carbocycles. The number of nitrogens with two attached hydrogens (primary N) is 2. The molecule has 10 heteroatoms. The molecule has 178 valence electrons. The SMILES string of the molecule is C[C@H](Oc1ccc2c(-c3ccccc3)cc(=O)oc2c1)C(=O)N[C@H](CCCN=C(N)N)C(=O)O. The number of fused-ring (bicyclic) bond motifs is 1. The van der Waals surface area contributed by atoms with Crippen molar-refractivity contribution in [1.82, 2.24) is 5.32 Å².